The standard InChI is InChI=1S/C25H26F2N8/c1-25(2)6-5-21-32-23-17(26)11-15(12-19(23)35(21)25)22-18(27)14-30-24(33-22)31-20-4-3-16(13-29-20)34-9-7-28-8-10-34/h3-4,11-14,28H,5-10H2,1-2H3,(H,29,30,31,33). The second-order valence-electron chi connectivity index (χ2n) is 9.66. The Balaban J connectivity index is 1.32. The zero-order valence-electron chi connectivity index (χ0n) is 19.6. The highest BCUT2D eigenvalue weighted by Gasteiger charge is 2.33. The molecule has 6 rings (SSSR count). The molecule has 0 amide bonds. The van der Waals surface area contributed by atoms with Crippen LogP contribution in [0.4, 0.5) is 26.2 Å². The lowest BCUT2D eigenvalue weighted by Gasteiger charge is -2.29. The van der Waals surface area contributed by atoms with Crippen molar-refractivity contribution < 1.29 is 8.78 Å². The maximum absolute atomic E-state index is 15.0. The molecule has 0 saturated carbocycles. The average molecular weight is 477 g/mol. The molecule has 0 radical (unpaired) electrons. The third-order valence-corrected chi connectivity index (χ3v) is 6.84. The Morgan fingerprint density at radius 1 is 1.00 bits per heavy atom. The second kappa shape index (κ2) is 8.23. The monoisotopic (exact) mass is 476 g/mol. The van der Waals surface area contributed by atoms with Crippen LogP contribution in [0.25, 0.3) is 22.3 Å². The number of nitrogens with zero attached hydrogens (tertiary/aromatic N) is 6. The maximum Gasteiger partial charge on any atom is 0.229 e. The summed E-state index contributed by atoms with van der Waals surface area (Å²) in [6.07, 6.45) is 4.59. The molecule has 2 aliphatic heterocycles. The minimum atomic E-state index is -0.628. The highest BCUT2D eigenvalue weighted by molar-refractivity contribution is 5.83. The second-order valence-corrected chi connectivity index (χ2v) is 9.66. The van der Waals surface area contributed by atoms with E-state index in [0.717, 1.165) is 56.7 Å². The fourth-order valence-corrected chi connectivity index (χ4v) is 5.01. The SMILES string of the molecule is CC1(C)CCc2nc3c(F)cc(-c4nc(Nc5ccc(N6CCNCC6)cn5)ncc4F)cc3n21. The van der Waals surface area contributed by atoms with Crippen molar-refractivity contribution in [1.29, 1.82) is 0 Å². The van der Waals surface area contributed by atoms with Gasteiger partial charge in [-0.2, -0.15) is 0 Å². The summed E-state index contributed by atoms with van der Waals surface area (Å²) in [5.41, 5.74) is 2.16. The minimum Gasteiger partial charge on any atom is -0.368 e. The van der Waals surface area contributed by atoms with Gasteiger partial charge in [0.1, 0.15) is 22.9 Å². The van der Waals surface area contributed by atoms with Crippen molar-refractivity contribution in [3.63, 3.8) is 0 Å². The van der Waals surface area contributed by atoms with Gasteiger partial charge in [0.2, 0.25) is 5.95 Å². The molecule has 4 aromatic rings. The number of halogens is 2. The first-order valence-electron chi connectivity index (χ1n) is 11.8. The van der Waals surface area contributed by atoms with Crippen molar-refractivity contribution in [3.8, 4) is 11.3 Å². The number of aryl methyl sites for hydroxylation is 1. The summed E-state index contributed by atoms with van der Waals surface area (Å²) in [6.45, 7) is 7.94. The van der Waals surface area contributed by atoms with E-state index in [0.29, 0.717) is 22.4 Å². The lowest BCUT2D eigenvalue weighted by Crippen LogP contribution is -2.43. The quantitative estimate of drug-likeness (QED) is 0.461. The Labute approximate surface area is 201 Å². The number of hydrogen-bond donors (Lipinski definition) is 2. The van der Waals surface area contributed by atoms with Crippen molar-refractivity contribution in [2.24, 2.45) is 0 Å². The molecule has 3 aromatic heterocycles. The summed E-state index contributed by atoms with van der Waals surface area (Å²) in [4.78, 5) is 19.6. The maximum atomic E-state index is 15.0. The first kappa shape index (κ1) is 21.8. The number of imidazole rings is 1. The Morgan fingerprint density at radius 3 is 2.60 bits per heavy atom. The summed E-state index contributed by atoms with van der Waals surface area (Å²) in [7, 11) is 0. The molecule has 0 unspecified atom stereocenters. The average Bonchev–Trinajstić information content (AvgIpc) is 3.39. The fourth-order valence-electron chi connectivity index (χ4n) is 5.01. The molecule has 0 spiro atoms. The number of nitrogens with one attached hydrogen (secondary N) is 2. The Kier molecular flexibility index (Phi) is 5.14. The van der Waals surface area contributed by atoms with E-state index in [2.05, 4.69) is 53.9 Å². The summed E-state index contributed by atoms with van der Waals surface area (Å²) < 4.78 is 31.9. The van der Waals surface area contributed by atoms with Gasteiger partial charge in [-0.15, -0.1) is 0 Å². The normalized spacial score (nSPS) is 17.1. The number of hydrogen-bond acceptors (Lipinski definition) is 7. The molecule has 10 heteroatoms. The van der Waals surface area contributed by atoms with Crippen LogP contribution in [0.3, 0.4) is 0 Å². The smallest absolute Gasteiger partial charge is 0.229 e. The van der Waals surface area contributed by atoms with Crippen LogP contribution in [-0.2, 0) is 12.0 Å². The Morgan fingerprint density at radius 2 is 1.83 bits per heavy atom. The van der Waals surface area contributed by atoms with Gasteiger partial charge in [-0.1, -0.05) is 0 Å². The molecule has 2 N–H and O–H groups in total. The van der Waals surface area contributed by atoms with Gasteiger partial charge in [-0.05, 0) is 44.5 Å². The van der Waals surface area contributed by atoms with Gasteiger partial charge >= 0.3 is 0 Å². The molecule has 35 heavy (non-hydrogen) atoms. The van der Waals surface area contributed by atoms with E-state index in [1.54, 1.807) is 12.3 Å². The van der Waals surface area contributed by atoms with E-state index in [1.165, 1.54) is 6.07 Å². The first-order valence-corrected chi connectivity index (χ1v) is 11.8. The van der Waals surface area contributed by atoms with Crippen LogP contribution in [-0.4, -0.2) is 50.7 Å². The molecular formula is C25H26F2N8. The Hall–Kier alpha value is -3.66. The van der Waals surface area contributed by atoms with Gasteiger partial charge in [-0.3, -0.25) is 0 Å². The summed E-state index contributed by atoms with van der Waals surface area (Å²) in [5.74, 6) is 0.452. The minimum absolute atomic E-state index is 0.0205. The van der Waals surface area contributed by atoms with Gasteiger partial charge < -0.3 is 20.1 Å². The highest BCUT2D eigenvalue weighted by Crippen LogP contribution is 2.38. The summed E-state index contributed by atoms with van der Waals surface area (Å²) >= 11 is 0. The van der Waals surface area contributed by atoms with E-state index >= 15 is 4.39 Å². The van der Waals surface area contributed by atoms with Crippen LogP contribution in [0.15, 0.2) is 36.7 Å². The lowest BCUT2D eigenvalue weighted by atomic mass is 10.0. The summed E-state index contributed by atoms with van der Waals surface area (Å²) in [6, 6.07) is 6.87. The van der Waals surface area contributed by atoms with Crippen LogP contribution >= 0.6 is 0 Å². The molecule has 1 saturated heterocycles. The van der Waals surface area contributed by atoms with E-state index < -0.39 is 11.6 Å². The fraction of sp³-hybridized carbons (Fsp3) is 0.360. The molecule has 1 aromatic carbocycles. The number of pyridine rings is 1. The number of aromatic nitrogens is 5. The van der Waals surface area contributed by atoms with Crippen molar-refractivity contribution >= 4 is 28.5 Å². The van der Waals surface area contributed by atoms with Crippen LogP contribution in [0, 0.1) is 11.6 Å². The van der Waals surface area contributed by atoms with Gasteiger partial charge in [0, 0.05) is 43.7 Å². The van der Waals surface area contributed by atoms with Crippen LogP contribution in [0.1, 0.15) is 26.1 Å². The van der Waals surface area contributed by atoms with Crippen LogP contribution in [0.2, 0.25) is 0 Å². The zero-order chi connectivity index (χ0) is 24.2. The van der Waals surface area contributed by atoms with Gasteiger partial charge in [0.25, 0.3) is 0 Å². The molecule has 2 aliphatic rings. The number of benzene rings is 1. The van der Waals surface area contributed by atoms with Gasteiger partial charge in [0.15, 0.2) is 11.6 Å². The lowest BCUT2D eigenvalue weighted by molar-refractivity contribution is 0.386. The number of anilines is 3. The predicted octanol–water partition coefficient (Wildman–Crippen LogP) is 4.00. The summed E-state index contributed by atoms with van der Waals surface area (Å²) in [5, 5.41) is 6.36. The van der Waals surface area contributed by atoms with E-state index in [-0.39, 0.29) is 17.2 Å². The number of piperazine rings is 1. The van der Waals surface area contributed by atoms with Crippen molar-refractivity contribution in [2.75, 3.05) is 36.4 Å². The molecule has 8 nitrogen and oxygen atoms in total. The largest absolute Gasteiger partial charge is 0.368 e. The third-order valence-electron chi connectivity index (χ3n) is 6.84. The molecule has 180 valence electrons. The van der Waals surface area contributed by atoms with E-state index in [9.17, 15) is 4.39 Å². The topological polar surface area (TPSA) is 83.8 Å². The molecule has 0 atom stereocenters. The first-order chi connectivity index (χ1) is 16.9. The van der Waals surface area contributed by atoms with Crippen LogP contribution < -0.4 is 15.5 Å². The van der Waals surface area contributed by atoms with Gasteiger partial charge in [-0.25, -0.2) is 28.7 Å². The van der Waals surface area contributed by atoms with Gasteiger partial charge in [0.05, 0.1) is 23.6 Å². The molecule has 1 fully saturated rings. The van der Waals surface area contributed by atoms with Crippen LogP contribution in [0.5, 0.6) is 0 Å². The predicted molar refractivity (Wildman–Crippen MR) is 131 cm³/mol. The number of fused-ring (bicyclic) bond motifs is 3. The Bertz CT molecular complexity index is 1410. The van der Waals surface area contributed by atoms with E-state index in [4.69, 9.17) is 0 Å². The number of rotatable bonds is 4. The molecule has 0 aliphatic carbocycles. The zero-order valence-corrected chi connectivity index (χ0v) is 19.6. The molecule has 0 bridgehead atoms. The third kappa shape index (κ3) is 3.87. The molecule has 5 heterocycles. The molecular weight excluding hydrogens is 450 g/mol. The van der Waals surface area contributed by atoms with Crippen molar-refractivity contribution in [3.05, 3.63) is 54.1 Å². The van der Waals surface area contributed by atoms with Crippen molar-refractivity contribution in [1.82, 2.24) is 29.8 Å². The highest BCUT2D eigenvalue weighted by atomic mass is 19.1. The van der Waals surface area contributed by atoms with E-state index in [1.807, 2.05) is 12.1 Å². The van der Waals surface area contributed by atoms with Crippen molar-refractivity contribution in [2.45, 2.75) is 32.2 Å².